The third-order valence-electron chi connectivity index (χ3n) is 4.35. The topological polar surface area (TPSA) is 160 Å². The third-order valence-corrected chi connectivity index (χ3v) is 5.33. The number of likely N-dealkylation sites (N-methyl/N-ethyl adjacent to an activating group) is 1. The average Bonchev–Trinajstić information content (AvgIpc) is 2.78. The molecule has 0 radical (unpaired) electrons. The molecule has 0 aliphatic rings. The fourth-order valence-electron chi connectivity index (χ4n) is 2.73. The van der Waals surface area contributed by atoms with E-state index in [4.69, 9.17) is 4.74 Å². The number of nitrogens with one attached hydrogen (secondary N) is 3. The average molecular weight is 533 g/mol. The molecule has 4 N–H and O–H groups in total. The molecular weight excluding hydrogens is 511 g/mol. The number of benzene rings is 2. The van der Waals surface area contributed by atoms with Gasteiger partial charge in [-0.15, -0.1) is 0 Å². The van der Waals surface area contributed by atoms with E-state index < -0.39 is 58.4 Å². The van der Waals surface area contributed by atoms with Crippen molar-refractivity contribution in [2.24, 2.45) is 0 Å². The molecule has 0 spiro atoms. The highest BCUT2D eigenvalue weighted by molar-refractivity contribution is 7.88. The summed E-state index contributed by atoms with van der Waals surface area (Å²) in [5, 5.41) is 16.6. The molecule has 36 heavy (non-hydrogen) atoms. The van der Waals surface area contributed by atoms with Gasteiger partial charge in [-0.1, -0.05) is 18.2 Å². The van der Waals surface area contributed by atoms with Gasteiger partial charge in [-0.25, -0.2) is 0 Å². The molecule has 11 nitrogen and oxygen atoms in total. The maximum Gasteiger partial charge on any atom is 0.534 e. The number of hydrogen-bond donors (Lipinski definition) is 4. The summed E-state index contributed by atoms with van der Waals surface area (Å²) in [5.74, 6) is -2.56. The van der Waals surface area contributed by atoms with Crippen LogP contribution in [0.4, 0.5) is 18.9 Å². The molecule has 0 bridgehead atoms. The van der Waals surface area contributed by atoms with Gasteiger partial charge in [0, 0.05) is 25.2 Å². The van der Waals surface area contributed by atoms with Gasteiger partial charge >= 0.3 is 15.6 Å². The number of aromatic hydroxyl groups is 1. The number of hydrogen-bond acceptors (Lipinski definition) is 8. The minimum atomic E-state index is -5.83. The van der Waals surface area contributed by atoms with E-state index in [0.717, 1.165) is 12.1 Å². The van der Waals surface area contributed by atoms with Crippen LogP contribution in [0.2, 0.25) is 0 Å². The predicted octanol–water partition coefficient (Wildman–Crippen LogP) is 1.05. The molecule has 0 fully saturated rings. The first-order valence-electron chi connectivity index (χ1n) is 10.1. The molecule has 2 aromatic rings. The van der Waals surface area contributed by atoms with Crippen LogP contribution in [0.5, 0.6) is 11.5 Å². The lowest BCUT2D eigenvalue weighted by atomic mass is 10.1. The number of carbonyl (C=O) groups excluding carboxylic acids is 3. The van der Waals surface area contributed by atoms with E-state index in [1.54, 1.807) is 0 Å². The third kappa shape index (κ3) is 8.74. The number of phenolic OH excluding ortho intramolecular Hbond substituents is 1. The van der Waals surface area contributed by atoms with Crippen LogP contribution in [0.25, 0.3) is 0 Å². The van der Waals surface area contributed by atoms with Crippen molar-refractivity contribution in [2.75, 3.05) is 25.6 Å². The number of amides is 3. The van der Waals surface area contributed by atoms with Gasteiger partial charge in [-0.2, -0.15) is 21.6 Å². The second-order valence-electron chi connectivity index (χ2n) is 7.16. The maximum atomic E-state index is 12.4. The van der Waals surface area contributed by atoms with Crippen molar-refractivity contribution in [3.8, 4) is 11.5 Å². The maximum absolute atomic E-state index is 12.4. The molecule has 0 saturated carbocycles. The molecule has 3 amide bonds. The van der Waals surface area contributed by atoms with Crippen LogP contribution in [0.1, 0.15) is 5.56 Å². The Labute approximate surface area is 203 Å². The quantitative estimate of drug-likeness (QED) is 0.246. The van der Waals surface area contributed by atoms with Gasteiger partial charge in [0.2, 0.25) is 17.7 Å². The molecule has 0 saturated heterocycles. The highest BCUT2D eigenvalue weighted by atomic mass is 32.2. The van der Waals surface area contributed by atoms with Crippen LogP contribution in [0, 0.1) is 0 Å². The van der Waals surface area contributed by atoms with Crippen LogP contribution < -0.4 is 20.1 Å². The summed E-state index contributed by atoms with van der Waals surface area (Å²) in [6.45, 7) is -1.06. The molecule has 196 valence electrons. The first kappa shape index (κ1) is 28.4. The summed E-state index contributed by atoms with van der Waals surface area (Å²) >= 11 is 0. The normalized spacial score (nSPS) is 12.3. The Morgan fingerprint density at radius 1 is 1.03 bits per heavy atom. The highest BCUT2D eigenvalue weighted by Gasteiger charge is 2.48. The van der Waals surface area contributed by atoms with Gasteiger partial charge in [0.25, 0.3) is 0 Å². The molecule has 2 rings (SSSR count). The molecule has 1 unspecified atom stereocenters. The fraction of sp³-hybridized carbons (Fsp3) is 0.286. The Balaban J connectivity index is 1.89. The Kier molecular flexibility index (Phi) is 9.63. The standard InChI is InChI=1S/C21H22F3N3O8S/c1-25-20(31)17(9-13-5-7-16(8-6-13)35-36(32,33)21(22,23)24)27-19(30)12-34-11-18(29)26-14-3-2-4-15(28)10-14/h2-8,10,17,28H,9,11-12H2,1H3,(H,25,31)(H,26,29)(H,27,30). The van der Waals surface area contributed by atoms with Crippen molar-refractivity contribution in [1.82, 2.24) is 10.6 Å². The van der Waals surface area contributed by atoms with Crippen LogP contribution in [0.15, 0.2) is 48.5 Å². The molecule has 2 aromatic carbocycles. The fourth-order valence-corrected chi connectivity index (χ4v) is 3.19. The number of halogens is 3. The van der Waals surface area contributed by atoms with E-state index in [2.05, 4.69) is 20.1 Å². The number of rotatable bonds is 11. The lowest BCUT2D eigenvalue weighted by Crippen LogP contribution is -2.48. The van der Waals surface area contributed by atoms with E-state index in [-0.39, 0.29) is 12.2 Å². The van der Waals surface area contributed by atoms with E-state index in [0.29, 0.717) is 11.3 Å². The summed E-state index contributed by atoms with van der Waals surface area (Å²) in [4.78, 5) is 36.2. The van der Waals surface area contributed by atoms with Crippen molar-refractivity contribution >= 4 is 33.5 Å². The first-order valence-corrected chi connectivity index (χ1v) is 11.5. The number of alkyl halides is 3. The van der Waals surface area contributed by atoms with E-state index in [9.17, 15) is 41.1 Å². The minimum Gasteiger partial charge on any atom is -0.508 e. The first-order chi connectivity index (χ1) is 16.8. The van der Waals surface area contributed by atoms with Gasteiger partial charge in [0.05, 0.1) is 0 Å². The predicted molar refractivity (Wildman–Crippen MR) is 119 cm³/mol. The lowest BCUT2D eigenvalue weighted by molar-refractivity contribution is -0.132. The minimum absolute atomic E-state index is 0.0538. The summed E-state index contributed by atoms with van der Waals surface area (Å²) in [6.07, 6.45) is -0.101. The summed E-state index contributed by atoms with van der Waals surface area (Å²) in [6, 6.07) is 9.06. The van der Waals surface area contributed by atoms with Gasteiger partial charge in [0.1, 0.15) is 30.8 Å². The Morgan fingerprint density at radius 3 is 2.25 bits per heavy atom. The van der Waals surface area contributed by atoms with E-state index in [1.807, 2.05) is 0 Å². The van der Waals surface area contributed by atoms with Crippen molar-refractivity contribution in [2.45, 2.75) is 18.0 Å². The lowest BCUT2D eigenvalue weighted by Gasteiger charge is -2.18. The van der Waals surface area contributed by atoms with Crippen LogP contribution in [0.3, 0.4) is 0 Å². The molecule has 15 heteroatoms. The Morgan fingerprint density at radius 2 is 1.67 bits per heavy atom. The van der Waals surface area contributed by atoms with Crippen LogP contribution >= 0.6 is 0 Å². The molecular formula is C21H22F3N3O8S. The van der Waals surface area contributed by atoms with Gasteiger partial charge in [-0.3, -0.25) is 14.4 Å². The van der Waals surface area contributed by atoms with Gasteiger partial charge in [-0.05, 0) is 29.8 Å². The molecule has 0 aromatic heterocycles. The second-order valence-corrected chi connectivity index (χ2v) is 8.69. The van der Waals surface area contributed by atoms with Crippen LogP contribution in [-0.4, -0.2) is 63.1 Å². The number of carbonyl (C=O) groups is 3. The molecule has 0 aliphatic carbocycles. The zero-order valence-corrected chi connectivity index (χ0v) is 19.5. The van der Waals surface area contributed by atoms with Crippen molar-refractivity contribution in [3.63, 3.8) is 0 Å². The Bertz CT molecular complexity index is 1190. The largest absolute Gasteiger partial charge is 0.534 e. The zero-order valence-electron chi connectivity index (χ0n) is 18.7. The second kappa shape index (κ2) is 12.2. The van der Waals surface area contributed by atoms with Crippen molar-refractivity contribution < 1.29 is 50.0 Å². The highest BCUT2D eigenvalue weighted by Crippen LogP contribution is 2.27. The molecule has 0 aliphatic heterocycles. The molecule has 0 heterocycles. The summed E-state index contributed by atoms with van der Waals surface area (Å²) in [5.41, 5.74) is -4.90. The number of anilines is 1. The van der Waals surface area contributed by atoms with E-state index in [1.165, 1.54) is 43.4 Å². The van der Waals surface area contributed by atoms with Crippen molar-refractivity contribution in [1.29, 1.82) is 0 Å². The number of ether oxygens (including phenoxy) is 1. The smallest absolute Gasteiger partial charge is 0.508 e. The van der Waals surface area contributed by atoms with Crippen molar-refractivity contribution in [3.05, 3.63) is 54.1 Å². The van der Waals surface area contributed by atoms with Crippen LogP contribution in [-0.2, 0) is 35.7 Å². The zero-order chi connectivity index (χ0) is 26.9. The summed E-state index contributed by atoms with van der Waals surface area (Å²) in [7, 11) is -4.51. The van der Waals surface area contributed by atoms with Gasteiger partial charge < -0.3 is 30.0 Å². The Hall–Kier alpha value is -3.85. The van der Waals surface area contributed by atoms with Gasteiger partial charge in [0.15, 0.2) is 0 Å². The SMILES string of the molecule is CNC(=O)C(Cc1ccc(OS(=O)(=O)C(F)(F)F)cc1)NC(=O)COCC(=O)Nc1cccc(O)c1. The molecule has 1 atom stereocenters. The number of phenols is 1. The summed E-state index contributed by atoms with van der Waals surface area (Å²) < 4.78 is 68.5. The van der Waals surface area contributed by atoms with E-state index >= 15 is 0 Å². The monoisotopic (exact) mass is 533 g/mol.